The Morgan fingerprint density at radius 2 is 1.80 bits per heavy atom. The maximum atomic E-state index is 5.79. The van der Waals surface area contributed by atoms with Gasteiger partial charge in [-0.3, -0.25) is 0 Å². The molecule has 20 heavy (non-hydrogen) atoms. The number of benzene rings is 2. The van der Waals surface area contributed by atoms with Crippen molar-refractivity contribution < 1.29 is 0 Å². The van der Waals surface area contributed by atoms with E-state index in [4.69, 9.17) is 10.7 Å². The van der Waals surface area contributed by atoms with Crippen molar-refractivity contribution in [3.05, 3.63) is 65.5 Å². The lowest BCUT2D eigenvalue weighted by molar-refractivity contribution is 0.787. The number of hydrogen-bond acceptors (Lipinski definition) is 2. The van der Waals surface area contributed by atoms with Gasteiger partial charge in [-0.25, -0.2) is 4.98 Å². The summed E-state index contributed by atoms with van der Waals surface area (Å²) in [5.41, 5.74) is 10.5. The Kier molecular flexibility index (Phi) is 3.52. The highest BCUT2D eigenvalue weighted by Crippen LogP contribution is 2.19. The van der Waals surface area contributed by atoms with Crippen LogP contribution in [0.15, 0.2) is 48.5 Å². The number of para-hydroxylation sites is 1. The summed E-state index contributed by atoms with van der Waals surface area (Å²) < 4.78 is 2.18. The molecule has 0 spiro atoms. The third kappa shape index (κ3) is 2.32. The van der Waals surface area contributed by atoms with Crippen molar-refractivity contribution in [1.29, 1.82) is 0 Å². The van der Waals surface area contributed by atoms with E-state index in [1.165, 1.54) is 5.56 Å². The van der Waals surface area contributed by atoms with Crippen molar-refractivity contribution in [2.24, 2.45) is 12.8 Å². The number of aromatic nitrogens is 2. The highest BCUT2D eigenvalue weighted by atomic mass is 15.1. The summed E-state index contributed by atoms with van der Waals surface area (Å²) in [5.74, 6) is 1.12. The molecule has 0 radical (unpaired) electrons. The maximum absolute atomic E-state index is 5.79. The van der Waals surface area contributed by atoms with Gasteiger partial charge in [0.15, 0.2) is 0 Å². The minimum atomic E-state index is 0.534. The van der Waals surface area contributed by atoms with Crippen LogP contribution < -0.4 is 5.73 Å². The molecule has 0 aliphatic rings. The van der Waals surface area contributed by atoms with Crippen molar-refractivity contribution in [2.45, 2.75) is 19.4 Å². The minimum absolute atomic E-state index is 0.534. The lowest BCUT2D eigenvalue weighted by Crippen LogP contribution is -2.00. The van der Waals surface area contributed by atoms with Gasteiger partial charge in [0.1, 0.15) is 5.82 Å². The molecule has 0 bridgehead atoms. The Bertz CT molecular complexity index is 714. The summed E-state index contributed by atoms with van der Waals surface area (Å²) in [6.07, 6.45) is 1.95. The molecule has 0 unspecified atom stereocenters. The second kappa shape index (κ2) is 5.47. The first-order chi connectivity index (χ1) is 9.79. The molecule has 2 aromatic carbocycles. The number of hydrogen-bond donors (Lipinski definition) is 1. The number of fused-ring (bicyclic) bond motifs is 1. The minimum Gasteiger partial charge on any atom is -0.331 e. The van der Waals surface area contributed by atoms with Crippen LogP contribution in [0.2, 0.25) is 0 Å². The highest BCUT2D eigenvalue weighted by molar-refractivity contribution is 5.79. The van der Waals surface area contributed by atoms with E-state index in [1.54, 1.807) is 0 Å². The quantitative estimate of drug-likeness (QED) is 0.788. The molecule has 3 nitrogen and oxygen atoms in total. The highest BCUT2D eigenvalue weighted by Gasteiger charge is 2.10. The van der Waals surface area contributed by atoms with Gasteiger partial charge in [0.2, 0.25) is 0 Å². The predicted molar refractivity (Wildman–Crippen MR) is 82.5 cm³/mol. The molecule has 3 heteroatoms. The fourth-order valence-electron chi connectivity index (χ4n) is 2.61. The molecule has 0 atom stereocenters. The molecule has 0 fully saturated rings. The summed E-state index contributed by atoms with van der Waals surface area (Å²) in [6.45, 7) is 0.534. The SMILES string of the molecule is Cn1c(CCc2ccccc2)nc2c(CN)cccc21. The smallest absolute Gasteiger partial charge is 0.109 e. The van der Waals surface area contributed by atoms with Crippen LogP contribution in [0.4, 0.5) is 0 Å². The van der Waals surface area contributed by atoms with Crippen molar-refractivity contribution in [1.82, 2.24) is 9.55 Å². The Morgan fingerprint density at radius 1 is 1.00 bits per heavy atom. The largest absolute Gasteiger partial charge is 0.331 e. The Hall–Kier alpha value is -2.13. The van der Waals surface area contributed by atoms with Gasteiger partial charge in [-0.15, -0.1) is 0 Å². The van der Waals surface area contributed by atoms with Gasteiger partial charge >= 0.3 is 0 Å². The third-order valence-corrected chi connectivity index (χ3v) is 3.79. The lowest BCUT2D eigenvalue weighted by Gasteiger charge is -2.02. The summed E-state index contributed by atoms with van der Waals surface area (Å²) in [7, 11) is 2.08. The molecule has 1 aromatic heterocycles. The molecular weight excluding hydrogens is 246 g/mol. The van der Waals surface area contributed by atoms with Crippen LogP contribution in [0.1, 0.15) is 17.0 Å². The Morgan fingerprint density at radius 3 is 2.55 bits per heavy atom. The fraction of sp³-hybridized carbons (Fsp3) is 0.235. The van der Waals surface area contributed by atoms with Gasteiger partial charge < -0.3 is 10.3 Å². The first kappa shape index (κ1) is 12.9. The zero-order valence-corrected chi connectivity index (χ0v) is 11.7. The van der Waals surface area contributed by atoms with Gasteiger partial charge in [0, 0.05) is 20.0 Å². The second-order valence-corrected chi connectivity index (χ2v) is 5.06. The van der Waals surface area contributed by atoms with Crippen molar-refractivity contribution in [3.63, 3.8) is 0 Å². The van der Waals surface area contributed by atoms with E-state index < -0.39 is 0 Å². The zero-order valence-electron chi connectivity index (χ0n) is 11.7. The summed E-state index contributed by atoms with van der Waals surface area (Å²) in [4.78, 5) is 4.78. The lowest BCUT2D eigenvalue weighted by atomic mass is 10.1. The fourth-order valence-corrected chi connectivity index (χ4v) is 2.61. The topological polar surface area (TPSA) is 43.8 Å². The van der Waals surface area contributed by atoms with Crippen LogP contribution >= 0.6 is 0 Å². The Labute approximate surface area is 119 Å². The molecule has 0 amide bonds. The molecule has 0 aliphatic carbocycles. The second-order valence-electron chi connectivity index (χ2n) is 5.06. The molecule has 3 rings (SSSR count). The molecule has 2 N–H and O–H groups in total. The van der Waals surface area contributed by atoms with E-state index >= 15 is 0 Å². The van der Waals surface area contributed by atoms with E-state index in [9.17, 15) is 0 Å². The summed E-state index contributed by atoms with van der Waals surface area (Å²) in [6, 6.07) is 16.7. The Balaban J connectivity index is 1.90. The van der Waals surface area contributed by atoms with Gasteiger partial charge in [-0.1, -0.05) is 42.5 Å². The number of nitrogens with zero attached hydrogens (tertiary/aromatic N) is 2. The van der Waals surface area contributed by atoms with E-state index in [-0.39, 0.29) is 0 Å². The van der Waals surface area contributed by atoms with Crippen LogP contribution in [-0.2, 0) is 26.4 Å². The van der Waals surface area contributed by atoms with Crippen molar-refractivity contribution in [2.75, 3.05) is 0 Å². The van der Waals surface area contributed by atoms with Crippen LogP contribution in [0.5, 0.6) is 0 Å². The monoisotopic (exact) mass is 265 g/mol. The van der Waals surface area contributed by atoms with Gasteiger partial charge in [-0.05, 0) is 23.6 Å². The van der Waals surface area contributed by atoms with E-state index in [0.29, 0.717) is 6.54 Å². The van der Waals surface area contributed by atoms with Crippen LogP contribution in [0.25, 0.3) is 11.0 Å². The molecule has 102 valence electrons. The molecule has 1 heterocycles. The first-order valence-corrected chi connectivity index (χ1v) is 6.97. The standard InChI is InChI=1S/C17H19N3/c1-20-15-9-5-8-14(12-18)17(15)19-16(20)11-10-13-6-3-2-4-7-13/h2-9H,10-12,18H2,1H3. The van der Waals surface area contributed by atoms with Gasteiger partial charge in [0.25, 0.3) is 0 Å². The predicted octanol–water partition coefficient (Wildman–Crippen LogP) is 2.82. The first-order valence-electron chi connectivity index (χ1n) is 6.97. The summed E-state index contributed by atoms with van der Waals surface area (Å²) in [5, 5.41) is 0. The molecular formula is C17H19N3. The molecule has 0 saturated heterocycles. The van der Waals surface area contributed by atoms with E-state index in [1.807, 2.05) is 12.1 Å². The van der Waals surface area contributed by atoms with Crippen LogP contribution in [0, 0.1) is 0 Å². The van der Waals surface area contributed by atoms with Gasteiger partial charge in [0.05, 0.1) is 11.0 Å². The van der Waals surface area contributed by atoms with Crippen molar-refractivity contribution in [3.8, 4) is 0 Å². The summed E-state index contributed by atoms with van der Waals surface area (Å²) >= 11 is 0. The average molecular weight is 265 g/mol. The van der Waals surface area contributed by atoms with Crippen LogP contribution in [0.3, 0.4) is 0 Å². The third-order valence-electron chi connectivity index (χ3n) is 3.79. The van der Waals surface area contributed by atoms with Crippen LogP contribution in [-0.4, -0.2) is 9.55 Å². The molecule has 0 saturated carbocycles. The maximum Gasteiger partial charge on any atom is 0.109 e. The molecule has 0 aliphatic heterocycles. The number of nitrogens with two attached hydrogens (primary N) is 1. The average Bonchev–Trinajstić information content (AvgIpc) is 2.83. The number of aryl methyl sites for hydroxylation is 3. The van der Waals surface area contributed by atoms with Gasteiger partial charge in [-0.2, -0.15) is 0 Å². The van der Waals surface area contributed by atoms with E-state index in [2.05, 4.69) is 48.0 Å². The van der Waals surface area contributed by atoms with Crippen molar-refractivity contribution >= 4 is 11.0 Å². The van der Waals surface area contributed by atoms with E-state index in [0.717, 1.165) is 35.3 Å². The zero-order chi connectivity index (χ0) is 13.9. The normalized spacial score (nSPS) is 11.1. The number of imidazole rings is 1. The molecule has 3 aromatic rings. The number of rotatable bonds is 4.